The Labute approximate surface area is 120 Å². The van der Waals surface area contributed by atoms with Gasteiger partial charge in [-0.3, -0.25) is 0 Å². The molecule has 0 rings (SSSR count). The van der Waals surface area contributed by atoms with Crippen molar-refractivity contribution in [2.75, 3.05) is 0 Å². The zero-order valence-corrected chi connectivity index (χ0v) is 15.4. The van der Waals surface area contributed by atoms with Gasteiger partial charge in [0.05, 0.1) is 0 Å². The molecule has 0 amide bonds. The third-order valence-corrected chi connectivity index (χ3v) is 0. The predicted octanol–water partition coefficient (Wildman–Crippen LogP) is 7.66. The summed E-state index contributed by atoms with van der Waals surface area (Å²) in [6, 6.07) is 0. The summed E-state index contributed by atoms with van der Waals surface area (Å²) in [7, 11) is 0. The zero-order valence-electron chi connectivity index (χ0n) is 15.4. The molecular weight excluding hydrogens is 216 g/mol. The van der Waals surface area contributed by atoms with E-state index in [2.05, 4.69) is 61.6 Å². The van der Waals surface area contributed by atoms with Crippen molar-refractivity contribution in [1.29, 1.82) is 0 Å². The Morgan fingerprint density at radius 3 is 0.667 bits per heavy atom. The molecule has 0 aromatic rings. The second kappa shape index (κ2) is 36.0. The molecule has 0 atom stereocenters. The van der Waals surface area contributed by atoms with Crippen LogP contribution in [-0.4, -0.2) is 0 Å². The van der Waals surface area contributed by atoms with Crippen LogP contribution in [0.25, 0.3) is 0 Å². The second-order valence-corrected chi connectivity index (χ2v) is 5.56. The highest BCUT2D eigenvalue weighted by Gasteiger charge is 1.68. The molecule has 0 nitrogen and oxygen atoms in total. The zero-order chi connectivity index (χ0) is 16.1. The monoisotopic (exact) mass is 258 g/mol. The summed E-state index contributed by atoms with van der Waals surface area (Å²) in [5.74, 6) is 0.833. The molecule has 0 saturated carbocycles. The molecule has 0 aliphatic carbocycles. The Hall–Kier alpha value is -0.520. The highest BCUT2D eigenvalue weighted by molar-refractivity contribution is 4.79. The van der Waals surface area contributed by atoms with Gasteiger partial charge in [-0.1, -0.05) is 72.5 Å². The van der Waals surface area contributed by atoms with Crippen LogP contribution in [0.5, 0.6) is 0 Å². The van der Waals surface area contributed by atoms with E-state index in [9.17, 15) is 0 Å². The lowest BCUT2D eigenvalue weighted by atomic mass is 10.3. The van der Waals surface area contributed by atoms with Crippen LogP contribution in [0, 0.1) is 5.92 Å². The molecule has 0 heterocycles. The molecule has 0 aliphatic heterocycles. The van der Waals surface area contributed by atoms with E-state index >= 15 is 0 Å². The van der Waals surface area contributed by atoms with Crippen molar-refractivity contribution in [2.24, 2.45) is 5.92 Å². The van der Waals surface area contributed by atoms with E-state index < -0.39 is 0 Å². The van der Waals surface area contributed by atoms with E-state index in [-0.39, 0.29) is 0 Å². The van der Waals surface area contributed by atoms with E-state index in [1.54, 1.807) is 0 Å². The molecule has 0 spiro atoms. The van der Waals surface area contributed by atoms with Crippen LogP contribution in [0.3, 0.4) is 0 Å². The molecule has 114 valence electrons. The highest BCUT2D eigenvalue weighted by Crippen LogP contribution is 1.81. The molecule has 0 aliphatic rings. The second-order valence-electron chi connectivity index (χ2n) is 5.56. The van der Waals surface area contributed by atoms with Crippen LogP contribution >= 0.6 is 0 Å². The molecule has 18 heavy (non-hydrogen) atoms. The van der Waals surface area contributed by atoms with Crippen LogP contribution in [0.1, 0.15) is 89.0 Å². The lowest BCUT2D eigenvalue weighted by Crippen LogP contribution is -1.66. The highest BCUT2D eigenvalue weighted by atomic mass is 13.7. The Bertz CT molecular complexity index is 104. The lowest BCUT2D eigenvalue weighted by Gasteiger charge is -1.79. The fraction of sp³-hybridized carbons (Fsp3) is 0.778. The summed E-state index contributed by atoms with van der Waals surface area (Å²) in [5, 5.41) is 0. The first-order valence-electron chi connectivity index (χ1n) is 7.27. The van der Waals surface area contributed by atoms with Crippen LogP contribution in [0.2, 0.25) is 0 Å². The molecule has 0 aromatic carbocycles. The Morgan fingerprint density at radius 2 is 0.667 bits per heavy atom. The van der Waals surface area contributed by atoms with Gasteiger partial charge in [0.2, 0.25) is 0 Å². The summed E-state index contributed by atoms with van der Waals surface area (Å²) in [4.78, 5) is 0. The summed E-state index contributed by atoms with van der Waals surface area (Å²) in [6.07, 6.45) is 2.50. The molecule has 0 bridgehead atoms. The van der Waals surface area contributed by atoms with Crippen molar-refractivity contribution in [3.8, 4) is 0 Å². The van der Waals surface area contributed by atoms with E-state index in [1.165, 1.54) is 24.0 Å². The molecule has 0 N–H and O–H groups in total. The smallest absolute Gasteiger partial charge is 0.0445 e. The minimum atomic E-state index is 0.833. The van der Waals surface area contributed by atoms with Gasteiger partial charge in [-0.15, -0.1) is 13.2 Å². The number of rotatable bonds is 0. The predicted molar refractivity (Wildman–Crippen MR) is 93.4 cm³/mol. The normalized spacial score (nSPS) is 6.89. The number of allylic oxidation sites excluding steroid dienone is 2. The number of hydrogen-bond donors (Lipinski definition) is 0. The van der Waals surface area contributed by atoms with Crippen LogP contribution in [0.15, 0.2) is 24.3 Å². The molecule has 0 unspecified atom stereocenters. The van der Waals surface area contributed by atoms with E-state index in [0.717, 1.165) is 5.92 Å². The fourth-order valence-corrected chi connectivity index (χ4v) is 0. The van der Waals surface area contributed by atoms with E-state index in [0.29, 0.717) is 0 Å². The Kier molecular flexibility index (Phi) is 60.9. The van der Waals surface area contributed by atoms with Gasteiger partial charge < -0.3 is 0 Å². The minimum Gasteiger partial charge on any atom is -0.100 e. The van der Waals surface area contributed by atoms with Gasteiger partial charge >= 0.3 is 0 Å². The Balaban J connectivity index is -0.0000000394. The van der Waals surface area contributed by atoms with Crippen molar-refractivity contribution in [1.82, 2.24) is 0 Å². The van der Waals surface area contributed by atoms with Crippen LogP contribution in [0.4, 0.5) is 0 Å². The first kappa shape index (κ1) is 30.5. The largest absolute Gasteiger partial charge is 0.100 e. The maximum atomic E-state index is 3.56. The summed E-state index contributed by atoms with van der Waals surface area (Å²) in [5.41, 5.74) is 2.33. The third kappa shape index (κ3) is 12000. The Morgan fingerprint density at radius 1 is 0.667 bits per heavy atom. The van der Waals surface area contributed by atoms with Crippen molar-refractivity contribution >= 4 is 0 Å². The maximum absolute atomic E-state index is 3.56. The van der Waals surface area contributed by atoms with Gasteiger partial charge in [0.25, 0.3) is 0 Å². The average Bonchev–Trinajstić information content (AvgIpc) is 2.00. The van der Waals surface area contributed by atoms with E-state index in [4.69, 9.17) is 0 Å². The van der Waals surface area contributed by atoms with Crippen molar-refractivity contribution in [3.63, 3.8) is 0 Å². The molecule has 0 fully saturated rings. The van der Waals surface area contributed by atoms with Crippen LogP contribution in [-0.2, 0) is 0 Å². The maximum Gasteiger partial charge on any atom is -0.0445 e. The van der Waals surface area contributed by atoms with Crippen molar-refractivity contribution in [3.05, 3.63) is 24.3 Å². The summed E-state index contributed by atoms with van der Waals surface area (Å²) < 4.78 is 0. The van der Waals surface area contributed by atoms with Gasteiger partial charge in [-0.25, -0.2) is 0 Å². The molecule has 0 radical (unpaired) electrons. The molecule has 0 saturated heterocycles. The van der Waals surface area contributed by atoms with E-state index in [1.807, 2.05) is 27.7 Å². The summed E-state index contributed by atoms with van der Waals surface area (Å²) >= 11 is 0. The average molecular weight is 259 g/mol. The molecule has 0 aromatic heterocycles. The fourth-order valence-electron chi connectivity index (χ4n) is 0. The lowest BCUT2D eigenvalue weighted by molar-refractivity contribution is 0.737. The van der Waals surface area contributed by atoms with Gasteiger partial charge in [0.1, 0.15) is 0 Å². The molecule has 0 heteroatoms. The van der Waals surface area contributed by atoms with Gasteiger partial charge in [-0.05, 0) is 33.6 Å². The van der Waals surface area contributed by atoms with Gasteiger partial charge in [0.15, 0.2) is 0 Å². The van der Waals surface area contributed by atoms with Gasteiger partial charge in [-0.2, -0.15) is 0 Å². The van der Waals surface area contributed by atoms with Crippen molar-refractivity contribution in [2.45, 2.75) is 89.0 Å². The topological polar surface area (TPSA) is 0 Å². The quantitative estimate of drug-likeness (QED) is 0.391. The first-order chi connectivity index (χ1) is 8.02. The standard InChI is InChI=1S/C4H10.2C4H8.2C3H8/c3*1-4(2)3;2*1-3-2/h4H,1-3H3;2*1H2,2-3H3;2*3H2,1-2H3. The van der Waals surface area contributed by atoms with Crippen molar-refractivity contribution < 1.29 is 0 Å². The SMILES string of the molecule is C=C(C)C.C=C(C)C.CC(C)C.CCC.CCC. The minimum absolute atomic E-state index is 0.833. The summed E-state index contributed by atoms with van der Waals surface area (Å²) in [6.45, 7) is 30.0. The van der Waals surface area contributed by atoms with Gasteiger partial charge in [0, 0.05) is 0 Å². The molecular formula is C18H42. The van der Waals surface area contributed by atoms with Crippen LogP contribution < -0.4 is 0 Å². The first-order valence-corrected chi connectivity index (χ1v) is 7.27. The number of hydrogen-bond acceptors (Lipinski definition) is 0. The third-order valence-electron chi connectivity index (χ3n) is 0.